The number of aromatic nitrogens is 3. The van der Waals surface area contributed by atoms with Crippen molar-refractivity contribution in [2.24, 2.45) is 7.05 Å². The second-order valence-corrected chi connectivity index (χ2v) is 5.34. The molecule has 1 atom stereocenters. The van der Waals surface area contributed by atoms with Crippen LogP contribution in [0.5, 0.6) is 0 Å². The summed E-state index contributed by atoms with van der Waals surface area (Å²) in [4.78, 5) is 0. The van der Waals surface area contributed by atoms with Crippen LogP contribution in [0.15, 0.2) is 35.5 Å². The first-order valence-corrected chi connectivity index (χ1v) is 6.45. The first kappa shape index (κ1) is 13.9. The van der Waals surface area contributed by atoms with Gasteiger partial charge in [0.1, 0.15) is 0 Å². The van der Waals surface area contributed by atoms with Crippen LogP contribution in [0.3, 0.4) is 0 Å². The van der Waals surface area contributed by atoms with Gasteiger partial charge in [0.25, 0.3) is 0 Å². The fraction of sp³-hybridized carbons (Fsp3) is 0.333. The number of halogens is 3. The van der Waals surface area contributed by atoms with E-state index < -0.39 is 12.0 Å². The zero-order valence-electron chi connectivity index (χ0n) is 10.3. The number of benzene rings is 1. The van der Waals surface area contributed by atoms with E-state index in [4.69, 9.17) is 0 Å². The smallest absolute Gasteiger partial charge is 0.302 e. The number of nitrogens with zero attached hydrogens (tertiary/aromatic N) is 3. The van der Waals surface area contributed by atoms with E-state index in [0.29, 0.717) is 0 Å². The molecule has 0 amide bonds. The van der Waals surface area contributed by atoms with E-state index in [0.717, 1.165) is 10.1 Å². The van der Waals surface area contributed by atoms with Crippen LogP contribution >= 0.6 is 11.8 Å². The quantitative estimate of drug-likeness (QED) is 0.807. The van der Waals surface area contributed by atoms with Gasteiger partial charge in [-0.25, -0.2) is 0 Å². The minimum absolute atomic E-state index is 0.00480. The van der Waals surface area contributed by atoms with Gasteiger partial charge in [0, 0.05) is 12.3 Å². The summed E-state index contributed by atoms with van der Waals surface area (Å²) < 4.78 is 38.7. The third kappa shape index (κ3) is 3.09. The molecule has 1 heterocycles. The maximum atomic E-state index is 12.6. The topological polar surface area (TPSA) is 30.7 Å². The molecule has 0 aliphatic carbocycles. The number of alkyl halides is 3. The minimum Gasteiger partial charge on any atom is -0.302 e. The molecule has 1 aromatic heterocycles. The molecule has 19 heavy (non-hydrogen) atoms. The van der Waals surface area contributed by atoms with Crippen molar-refractivity contribution in [3.8, 4) is 0 Å². The maximum Gasteiger partial charge on any atom is 0.451 e. The van der Waals surface area contributed by atoms with E-state index in [2.05, 4.69) is 10.2 Å². The first-order valence-electron chi connectivity index (χ1n) is 5.58. The highest BCUT2D eigenvalue weighted by atomic mass is 32.2. The Balaban J connectivity index is 2.19. The average molecular weight is 287 g/mol. The van der Waals surface area contributed by atoms with E-state index in [9.17, 15) is 13.2 Å². The fourth-order valence-corrected chi connectivity index (χ4v) is 2.56. The Labute approximate surface area is 112 Å². The van der Waals surface area contributed by atoms with Crippen LogP contribution < -0.4 is 0 Å². The molecule has 0 aliphatic heterocycles. The van der Waals surface area contributed by atoms with Crippen LogP contribution in [0.25, 0.3) is 0 Å². The normalized spacial score (nSPS) is 13.5. The second kappa shape index (κ2) is 5.24. The van der Waals surface area contributed by atoms with Crippen LogP contribution in [0.1, 0.15) is 23.6 Å². The van der Waals surface area contributed by atoms with Crippen LogP contribution in [-0.4, -0.2) is 14.8 Å². The van der Waals surface area contributed by atoms with Crippen molar-refractivity contribution in [1.29, 1.82) is 0 Å². The molecule has 0 saturated heterocycles. The Morgan fingerprint density at radius 1 is 1.16 bits per heavy atom. The van der Waals surface area contributed by atoms with Crippen molar-refractivity contribution in [1.82, 2.24) is 14.8 Å². The van der Waals surface area contributed by atoms with E-state index in [1.807, 2.05) is 37.3 Å². The minimum atomic E-state index is -4.48. The summed E-state index contributed by atoms with van der Waals surface area (Å²) in [7, 11) is 1.32. The lowest BCUT2D eigenvalue weighted by Crippen LogP contribution is -2.13. The molecule has 0 bridgehead atoms. The molecule has 0 radical (unpaired) electrons. The third-order valence-electron chi connectivity index (χ3n) is 2.64. The summed E-state index contributed by atoms with van der Waals surface area (Å²) in [6, 6.07) is 9.54. The Morgan fingerprint density at radius 2 is 1.79 bits per heavy atom. The number of rotatable bonds is 3. The summed E-state index contributed by atoms with van der Waals surface area (Å²) in [5, 5.41) is 7.06. The van der Waals surface area contributed by atoms with Gasteiger partial charge in [-0.3, -0.25) is 0 Å². The SMILES string of the molecule is CC(Sc1nnc(C(F)(F)F)n1C)c1ccccc1. The third-order valence-corrected chi connectivity index (χ3v) is 3.83. The maximum absolute atomic E-state index is 12.6. The molecule has 102 valence electrons. The summed E-state index contributed by atoms with van der Waals surface area (Å²) >= 11 is 1.25. The van der Waals surface area contributed by atoms with Crippen LogP contribution in [-0.2, 0) is 13.2 Å². The van der Waals surface area contributed by atoms with Crippen molar-refractivity contribution in [2.45, 2.75) is 23.5 Å². The van der Waals surface area contributed by atoms with E-state index in [1.54, 1.807) is 0 Å². The molecule has 1 unspecified atom stereocenters. The molecule has 3 nitrogen and oxygen atoms in total. The van der Waals surface area contributed by atoms with Gasteiger partial charge >= 0.3 is 6.18 Å². The predicted octanol–water partition coefficient (Wildman–Crippen LogP) is 3.69. The van der Waals surface area contributed by atoms with Gasteiger partial charge in [0.15, 0.2) is 5.16 Å². The molecule has 0 aliphatic rings. The second-order valence-electron chi connectivity index (χ2n) is 4.03. The highest BCUT2D eigenvalue weighted by molar-refractivity contribution is 7.99. The zero-order valence-corrected chi connectivity index (χ0v) is 11.2. The molecule has 0 N–H and O–H groups in total. The van der Waals surface area contributed by atoms with Crippen molar-refractivity contribution in [2.75, 3.05) is 0 Å². The lowest BCUT2D eigenvalue weighted by atomic mass is 10.2. The van der Waals surface area contributed by atoms with Gasteiger partial charge in [-0.05, 0) is 12.5 Å². The fourth-order valence-electron chi connectivity index (χ4n) is 1.61. The van der Waals surface area contributed by atoms with Crippen molar-refractivity contribution in [3.05, 3.63) is 41.7 Å². The molecule has 1 aromatic carbocycles. The average Bonchev–Trinajstić information content (AvgIpc) is 2.72. The highest BCUT2D eigenvalue weighted by Crippen LogP contribution is 2.35. The monoisotopic (exact) mass is 287 g/mol. The molecule has 7 heteroatoms. The van der Waals surface area contributed by atoms with Gasteiger partial charge in [-0.1, -0.05) is 42.1 Å². The van der Waals surface area contributed by atoms with Gasteiger partial charge in [-0.15, -0.1) is 10.2 Å². The van der Waals surface area contributed by atoms with Gasteiger partial charge in [-0.2, -0.15) is 13.2 Å². The van der Waals surface area contributed by atoms with Crippen molar-refractivity contribution in [3.63, 3.8) is 0 Å². The molecule has 0 spiro atoms. The van der Waals surface area contributed by atoms with Gasteiger partial charge < -0.3 is 4.57 Å². The molecule has 2 aromatic rings. The Hall–Kier alpha value is -1.50. The van der Waals surface area contributed by atoms with E-state index in [1.165, 1.54) is 18.8 Å². The largest absolute Gasteiger partial charge is 0.451 e. The first-order chi connectivity index (χ1) is 8.89. The summed E-state index contributed by atoms with van der Waals surface area (Å²) in [5.41, 5.74) is 1.03. The highest BCUT2D eigenvalue weighted by Gasteiger charge is 2.37. The Kier molecular flexibility index (Phi) is 3.84. The summed E-state index contributed by atoms with van der Waals surface area (Å²) in [6.45, 7) is 1.92. The summed E-state index contributed by atoms with van der Waals surface area (Å²) in [5.74, 6) is -0.977. The molecule has 0 fully saturated rings. The number of hydrogen-bond donors (Lipinski definition) is 0. The standard InChI is InChI=1S/C12H12F3N3S/c1-8(9-6-4-3-5-7-9)19-11-17-16-10(18(11)2)12(13,14)15/h3-8H,1-2H3. The van der Waals surface area contributed by atoms with Crippen LogP contribution in [0, 0.1) is 0 Å². The lowest BCUT2D eigenvalue weighted by molar-refractivity contribution is -0.147. The van der Waals surface area contributed by atoms with Crippen molar-refractivity contribution < 1.29 is 13.2 Å². The molecule has 2 rings (SSSR count). The van der Waals surface area contributed by atoms with Gasteiger partial charge in [0.05, 0.1) is 0 Å². The Morgan fingerprint density at radius 3 is 2.32 bits per heavy atom. The lowest BCUT2D eigenvalue weighted by Gasteiger charge is -2.11. The number of hydrogen-bond acceptors (Lipinski definition) is 3. The van der Waals surface area contributed by atoms with Crippen LogP contribution in [0.4, 0.5) is 13.2 Å². The zero-order chi connectivity index (χ0) is 14.0. The summed E-state index contributed by atoms with van der Waals surface area (Å²) in [6.07, 6.45) is -4.48. The van der Waals surface area contributed by atoms with E-state index in [-0.39, 0.29) is 10.4 Å². The number of thioether (sulfide) groups is 1. The van der Waals surface area contributed by atoms with Crippen molar-refractivity contribution >= 4 is 11.8 Å². The molecular formula is C12H12F3N3S. The molecular weight excluding hydrogens is 275 g/mol. The van der Waals surface area contributed by atoms with Crippen LogP contribution in [0.2, 0.25) is 0 Å². The Bertz CT molecular complexity index is 551. The van der Waals surface area contributed by atoms with Gasteiger partial charge in [0.2, 0.25) is 5.82 Å². The predicted molar refractivity (Wildman–Crippen MR) is 66.7 cm³/mol. The van der Waals surface area contributed by atoms with E-state index >= 15 is 0 Å². The molecule has 0 saturated carbocycles.